The van der Waals surface area contributed by atoms with Gasteiger partial charge in [0, 0.05) is 17.3 Å². The van der Waals surface area contributed by atoms with Crippen LogP contribution in [0.5, 0.6) is 0 Å². The number of nitrogens with zero attached hydrogens (tertiary/aromatic N) is 1. The summed E-state index contributed by atoms with van der Waals surface area (Å²) in [5, 5.41) is 9.68. The predicted molar refractivity (Wildman–Crippen MR) is 102 cm³/mol. The molecule has 1 amide bonds. The molecule has 1 aromatic heterocycles. The highest BCUT2D eigenvalue weighted by atomic mass is 16.5. The first-order valence-corrected chi connectivity index (χ1v) is 8.61. The minimum atomic E-state index is -0.458. The highest BCUT2D eigenvalue weighted by Gasteiger charge is 2.20. The van der Waals surface area contributed by atoms with Crippen LogP contribution in [0.1, 0.15) is 33.9 Å². The van der Waals surface area contributed by atoms with Crippen molar-refractivity contribution in [1.82, 2.24) is 15.5 Å². The zero-order chi connectivity index (χ0) is 19.2. The fraction of sp³-hybridized carbons (Fsp3) is 0.190. The number of aryl methyl sites for hydroxylation is 1. The first-order chi connectivity index (χ1) is 13.1. The zero-order valence-corrected chi connectivity index (χ0v) is 15.2. The molecule has 1 unspecified atom stereocenters. The van der Waals surface area contributed by atoms with Gasteiger partial charge in [-0.25, -0.2) is 0 Å². The van der Waals surface area contributed by atoms with Crippen LogP contribution in [0.4, 0.5) is 0 Å². The number of nitrogens with one attached hydrogen (secondary N) is 2. The second kappa shape index (κ2) is 8.31. The van der Waals surface area contributed by atoms with Gasteiger partial charge in [-0.15, -0.1) is 0 Å². The summed E-state index contributed by atoms with van der Waals surface area (Å²) in [6.45, 7) is 1.95. The van der Waals surface area contributed by atoms with Gasteiger partial charge in [0.05, 0.1) is 25.8 Å². The van der Waals surface area contributed by atoms with E-state index in [1.165, 1.54) is 7.11 Å². The van der Waals surface area contributed by atoms with Gasteiger partial charge in [0.1, 0.15) is 0 Å². The number of benzene rings is 2. The van der Waals surface area contributed by atoms with Crippen LogP contribution in [0.3, 0.4) is 0 Å². The molecule has 6 heteroatoms. The van der Waals surface area contributed by atoms with Crippen LogP contribution in [0.2, 0.25) is 0 Å². The Kier molecular flexibility index (Phi) is 5.66. The Morgan fingerprint density at radius 3 is 2.59 bits per heavy atom. The highest BCUT2D eigenvalue weighted by molar-refractivity contribution is 5.95. The van der Waals surface area contributed by atoms with Gasteiger partial charge in [-0.1, -0.05) is 36.4 Å². The van der Waals surface area contributed by atoms with Gasteiger partial charge in [0.25, 0.3) is 5.91 Å². The van der Waals surface area contributed by atoms with Crippen molar-refractivity contribution in [2.24, 2.45) is 0 Å². The molecule has 0 saturated carbocycles. The zero-order valence-electron chi connectivity index (χ0n) is 15.2. The highest BCUT2D eigenvalue weighted by Crippen LogP contribution is 2.24. The molecule has 0 fully saturated rings. The van der Waals surface area contributed by atoms with Gasteiger partial charge in [-0.2, -0.15) is 5.10 Å². The van der Waals surface area contributed by atoms with Crippen molar-refractivity contribution in [3.05, 3.63) is 77.6 Å². The van der Waals surface area contributed by atoms with Crippen LogP contribution in [0, 0.1) is 6.92 Å². The van der Waals surface area contributed by atoms with Crippen molar-refractivity contribution in [2.45, 2.75) is 19.4 Å². The van der Waals surface area contributed by atoms with Crippen molar-refractivity contribution in [3.8, 4) is 11.1 Å². The Bertz CT molecular complexity index is 921. The lowest BCUT2D eigenvalue weighted by Crippen LogP contribution is -2.30. The predicted octanol–water partition coefficient (Wildman–Crippen LogP) is 3.42. The normalized spacial score (nSPS) is 11.6. The lowest BCUT2D eigenvalue weighted by atomic mass is 9.99. The minimum Gasteiger partial charge on any atom is -0.469 e. The Labute approximate surface area is 157 Å². The fourth-order valence-corrected chi connectivity index (χ4v) is 2.96. The molecule has 0 bridgehead atoms. The van der Waals surface area contributed by atoms with Gasteiger partial charge in [0.2, 0.25) is 0 Å². The quantitative estimate of drug-likeness (QED) is 0.657. The first-order valence-electron chi connectivity index (χ1n) is 8.61. The van der Waals surface area contributed by atoms with E-state index in [4.69, 9.17) is 4.74 Å². The van der Waals surface area contributed by atoms with E-state index in [1.807, 2.05) is 55.6 Å². The summed E-state index contributed by atoms with van der Waals surface area (Å²) >= 11 is 0. The van der Waals surface area contributed by atoms with Crippen LogP contribution >= 0.6 is 0 Å². The molecule has 3 rings (SSSR count). The maximum Gasteiger partial charge on any atom is 0.307 e. The molecule has 0 saturated heterocycles. The Hall–Kier alpha value is -3.41. The third kappa shape index (κ3) is 4.41. The molecule has 1 heterocycles. The molecule has 0 aliphatic heterocycles. The van der Waals surface area contributed by atoms with Gasteiger partial charge >= 0.3 is 5.97 Å². The number of rotatable bonds is 6. The Morgan fingerprint density at radius 2 is 1.96 bits per heavy atom. The van der Waals surface area contributed by atoms with Crippen LogP contribution in [0.25, 0.3) is 11.1 Å². The second-order valence-corrected chi connectivity index (χ2v) is 6.23. The summed E-state index contributed by atoms with van der Waals surface area (Å²) in [4.78, 5) is 24.5. The van der Waals surface area contributed by atoms with Gasteiger partial charge in [-0.05, 0) is 35.7 Å². The number of hydrogen-bond acceptors (Lipinski definition) is 4. The molecular formula is C21H21N3O3. The number of ether oxygens (including phenoxy) is 1. The van der Waals surface area contributed by atoms with E-state index in [-0.39, 0.29) is 18.3 Å². The van der Waals surface area contributed by atoms with Crippen molar-refractivity contribution < 1.29 is 14.3 Å². The van der Waals surface area contributed by atoms with Crippen LogP contribution in [0.15, 0.2) is 60.9 Å². The van der Waals surface area contributed by atoms with E-state index in [9.17, 15) is 9.59 Å². The average molecular weight is 363 g/mol. The number of aromatic nitrogens is 2. The lowest BCUT2D eigenvalue weighted by Gasteiger charge is -2.18. The largest absolute Gasteiger partial charge is 0.469 e. The Balaban J connectivity index is 1.81. The monoisotopic (exact) mass is 363 g/mol. The molecule has 0 aliphatic rings. The van der Waals surface area contributed by atoms with Crippen molar-refractivity contribution in [1.29, 1.82) is 0 Å². The van der Waals surface area contributed by atoms with E-state index in [0.29, 0.717) is 5.56 Å². The Morgan fingerprint density at radius 1 is 1.19 bits per heavy atom. The molecule has 1 atom stereocenters. The van der Waals surface area contributed by atoms with Crippen molar-refractivity contribution in [3.63, 3.8) is 0 Å². The number of carbonyl (C=O) groups excluding carboxylic acids is 2. The number of aromatic amines is 1. The van der Waals surface area contributed by atoms with Crippen molar-refractivity contribution in [2.75, 3.05) is 7.11 Å². The molecule has 3 aromatic rings. The van der Waals surface area contributed by atoms with E-state index >= 15 is 0 Å². The van der Waals surface area contributed by atoms with Crippen LogP contribution < -0.4 is 5.32 Å². The maximum atomic E-state index is 12.8. The first kappa shape index (κ1) is 18.4. The molecule has 6 nitrogen and oxygen atoms in total. The molecule has 138 valence electrons. The summed E-state index contributed by atoms with van der Waals surface area (Å²) < 4.78 is 4.77. The molecule has 0 aliphatic carbocycles. The van der Waals surface area contributed by atoms with Gasteiger partial charge in [0.15, 0.2) is 0 Å². The van der Waals surface area contributed by atoms with E-state index < -0.39 is 6.04 Å². The van der Waals surface area contributed by atoms with Gasteiger partial charge in [-0.3, -0.25) is 14.7 Å². The number of H-pyrrole nitrogens is 1. The summed E-state index contributed by atoms with van der Waals surface area (Å²) in [7, 11) is 1.34. The third-order valence-electron chi connectivity index (χ3n) is 4.40. The summed E-state index contributed by atoms with van der Waals surface area (Å²) in [5.41, 5.74) is 4.32. The second-order valence-electron chi connectivity index (χ2n) is 6.23. The molecule has 27 heavy (non-hydrogen) atoms. The van der Waals surface area contributed by atoms with E-state index in [2.05, 4.69) is 15.5 Å². The molecule has 0 spiro atoms. The number of amides is 1. The summed E-state index contributed by atoms with van der Waals surface area (Å²) in [5.74, 6) is -0.620. The smallest absolute Gasteiger partial charge is 0.307 e. The SMILES string of the molecule is COC(=O)CC(NC(=O)c1ccc(-c2cn[nH]c2)c(C)c1)c1ccccc1. The number of methoxy groups -OCH3 is 1. The number of hydrogen-bond donors (Lipinski definition) is 2. The minimum absolute atomic E-state index is 0.0678. The molecule has 2 aromatic carbocycles. The van der Waals surface area contributed by atoms with E-state index in [0.717, 1.165) is 22.3 Å². The average Bonchev–Trinajstić information content (AvgIpc) is 3.22. The maximum absolute atomic E-state index is 12.8. The number of esters is 1. The number of carbonyl (C=O) groups is 2. The fourth-order valence-electron chi connectivity index (χ4n) is 2.96. The van der Waals surface area contributed by atoms with Crippen molar-refractivity contribution >= 4 is 11.9 Å². The van der Waals surface area contributed by atoms with E-state index in [1.54, 1.807) is 12.3 Å². The standard InChI is InChI=1S/C21H21N3O3/c1-14-10-16(8-9-18(14)17-12-22-23-13-17)21(26)24-19(11-20(25)27-2)15-6-4-3-5-7-15/h3-10,12-13,19H,11H2,1-2H3,(H,22,23)(H,24,26). The third-order valence-corrected chi connectivity index (χ3v) is 4.40. The molecule has 2 N–H and O–H groups in total. The van der Waals surface area contributed by atoms with Crippen LogP contribution in [-0.4, -0.2) is 29.2 Å². The van der Waals surface area contributed by atoms with Crippen LogP contribution in [-0.2, 0) is 9.53 Å². The lowest BCUT2D eigenvalue weighted by molar-refractivity contribution is -0.141. The summed E-state index contributed by atoms with van der Waals surface area (Å²) in [6, 6.07) is 14.4. The topological polar surface area (TPSA) is 84.1 Å². The van der Waals surface area contributed by atoms with Gasteiger partial charge < -0.3 is 10.1 Å². The molecule has 0 radical (unpaired) electrons. The molecular weight excluding hydrogens is 342 g/mol. The summed E-state index contributed by atoms with van der Waals surface area (Å²) in [6.07, 6.45) is 3.62.